The molecule has 0 aliphatic heterocycles. The second kappa shape index (κ2) is 8.17. The predicted molar refractivity (Wildman–Crippen MR) is 99.5 cm³/mol. The van der Waals surface area contributed by atoms with Crippen molar-refractivity contribution < 1.29 is 18.0 Å². The molecule has 0 radical (unpaired) electrons. The summed E-state index contributed by atoms with van der Waals surface area (Å²) in [6.45, 7) is -0.390. The first-order valence-electron chi connectivity index (χ1n) is 7.37. The normalized spacial score (nSPS) is 11.2. The first-order valence-corrected chi connectivity index (χ1v) is 9.18. The van der Waals surface area contributed by atoms with Crippen LogP contribution in [0.25, 0.3) is 0 Å². The number of carbonyl (C=O) groups excluding carboxylic acids is 2. The number of nitrogens with zero attached hydrogens (tertiary/aromatic N) is 1. The van der Waals surface area contributed by atoms with Crippen LogP contribution in [0.5, 0.6) is 0 Å². The number of amides is 3. The van der Waals surface area contributed by atoms with E-state index >= 15 is 0 Å². The summed E-state index contributed by atoms with van der Waals surface area (Å²) >= 11 is 5.75. The molecule has 0 saturated heterocycles. The van der Waals surface area contributed by atoms with Gasteiger partial charge in [-0.15, -0.1) is 0 Å². The lowest BCUT2D eigenvalue weighted by molar-refractivity contribution is -0.116. The number of carbonyl (C=O) groups is 2. The zero-order valence-corrected chi connectivity index (χ0v) is 15.3. The first kappa shape index (κ1) is 19.7. The molecule has 0 fully saturated rings. The number of benzene rings is 2. The van der Waals surface area contributed by atoms with E-state index in [1.54, 1.807) is 18.2 Å². The van der Waals surface area contributed by atoms with Crippen LogP contribution in [-0.4, -0.2) is 38.3 Å². The fraction of sp³-hybridized carbons (Fsp3) is 0.125. The standard InChI is InChI=1S/C16H17ClN4O4S/c1-21(26(24,25)14-7-5-11(17)6-8-14)10-15(22)19-12-3-2-4-13(9-12)20-16(18)23/h2-9H,10H2,1H3,(H,19,22)(H3,18,20,23). The van der Waals surface area contributed by atoms with E-state index in [0.717, 1.165) is 4.31 Å². The molecular weight excluding hydrogens is 380 g/mol. The van der Waals surface area contributed by atoms with E-state index in [2.05, 4.69) is 10.6 Å². The van der Waals surface area contributed by atoms with E-state index in [0.29, 0.717) is 16.4 Å². The number of nitrogens with two attached hydrogens (primary N) is 1. The van der Waals surface area contributed by atoms with Crippen molar-refractivity contribution in [2.75, 3.05) is 24.2 Å². The van der Waals surface area contributed by atoms with Crippen molar-refractivity contribution in [3.63, 3.8) is 0 Å². The number of anilines is 2. The molecule has 0 aromatic heterocycles. The molecule has 2 aromatic carbocycles. The largest absolute Gasteiger partial charge is 0.351 e. The SMILES string of the molecule is CN(CC(=O)Nc1cccc(NC(N)=O)c1)S(=O)(=O)c1ccc(Cl)cc1. The van der Waals surface area contributed by atoms with Gasteiger partial charge >= 0.3 is 6.03 Å². The lowest BCUT2D eigenvalue weighted by Crippen LogP contribution is -2.35. The number of rotatable bonds is 6. The summed E-state index contributed by atoms with van der Waals surface area (Å²) in [4.78, 5) is 23.0. The average molecular weight is 397 g/mol. The molecule has 0 heterocycles. The van der Waals surface area contributed by atoms with Crippen molar-refractivity contribution >= 4 is 44.9 Å². The molecule has 0 saturated carbocycles. The number of sulfonamides is 1. The zero-order chi connectivity index (χ0) is 19.3. The average Bonchev–Trinajstić information content (AvgIpc) is 2.54. The van der Waals surface area contributed by atoms with Gasteiger partial charge in [0, 0.05) is 23.4 Å². The molecule has 2 aromatic rings. The molecule has 2 rings (SSSR count). The van der Waals surface area contributed by atoms with Crippen LogP contribution >= 0.6 is 11.6 Å². The van der Waals surface area contributed by atoms with Gasteiger partial charge in [-0.25, -0.2) is 13.2 Å². The minimum Gasteiger partial charge on any atom is -0.351 e. The van der Waals surface area contributed by atoms with Gasteiger partial charge in [-0.3, -0.25) is 4.79 Å². The number of likely N-dealkylation sites (N-methyl/N-ethyl adjacent to an activating group) is 1. The topological polar surface area (TPSA) is 122 Å². The molecule has 0 aliphatic rings. The van der Waals surface area contributed by atoms with Gasteiger partial charge < -0.3 is 16.4 Å². The van der Waals surface area contributed by atoms with Gasteiger partial charge in [-0.05, 0) is 42.5 Å². The Morgan fingerprint density at radius 2 is 1.65 bits per heavy atom. The molecular formula is C16H17ClN4O4S. The Hall–Kier alpha value is -2.62. The van der Waals surface area contributed by atoms with Crippen LogP contribution in [0.4, 0.5) is 16.2 Å². The third-order valence-corrected chi connectivity index (χ3v) is 5.37. The molecule has 3 amide bonds. The van der Waals surface area contributed by atoms with Crippen molar-refractivity contribution in [2.24, 2.45) is 5.73 Å². The van der Waals surface area contributed by atoms with Crippen LogP contribution in [0.15, 0.2) is 53.4 Å². The van der Waals surface area contributed by atoms with Gasteiger partial charge in [-0.2, -0.15) is 4.31 Å². The van der Waals surface area contributed by atoms with Gasteiger partial charge in [0.1, 0.15) is 0 Å². The summed E-state index contributed by atoms with van der Waals surface area (Å²) < 4.78 is 25.8. The Morgan fingerprint density at radius 1 is 1.08 bits per heavy atom. The number of hydrogen-bond donors (Lipinski definition) is 3. The first-order chi connectivity index (χ1) is 12.2. The minimum absolute atomic E-state index is 0.0323. The smallest absolute Gasteiger partial charge is 0.316 e. The van der Waals surface area contributed by atoms with E-state index in [9.17, 15) is 18.0 Å². The lowest BCUT2D eigenvalue weighted by Gasteiger charge is -2.17. The van der Waals surface area contributed by atoms with Gasteiger partial charge in [0.25, 0.3) is 0 Å². The predicted octanol–water partition coefficient (Wildman–Crippen LogP) is 2.09. The third-order valence-electron chi connectivity index (χ3n) is 3.30. The van der Waals surface area contributed by atoms with Crippen LogP contribution < -0.4 is 16.4 Å². The Balaban J connectivity index is 2.05. The van der Waals surface area contributed by atoms with Gasteiger partial charge in [0.15, 0.2) is 0 Å². The van der Waals surface area contributed by atoms with Crippen molar-refractivity contribution in [2.45, 2.75) is 4.90 Å². The Morgan fingerprint density at radius 3 is 2.23 bits per heavy atom. The van der Waals surface area contributed by atoms with Crippen molar-refractivity contribution in [3.05, 3.63) is 53.6 Å². The molecule has 10 heteroatoms. The molecule has 0 spiro atoms. The molecule has 8 nitrogen and oxygen atoms in total. The van der Waals surface area contributed by atoms with Crippen LogP contribution in [0.2, 0.25) is 5.02 Å². The highest BCUT2D eigenvalue weighted by Crippen LogP contribution is 2.18. The number of primary amides is 1. The molecule has 0 atom stereocenters. The summed E-state index contributed by atoms with van der Waals surface area (Å²) in [7, 11) is -2.53. The summed E-state index contributed by atoms with van der Waals surface area (Å²) in [6, 6.07) is 11.2. The maximum Gasteiger partial charge on any atom is 0.316 e. The number of nitrogens with one attached hydrogen (secondary N) is 2. The van der Waals surface area contributed by atoms with Crippen LogP contribution in [0.1, 0.15) is 0 Å². The summed E-state index contributed by atoms with van der Waals surface area (Å²) in [5.74, 6) is -0.540. The molecule has 0 aliphatic carbocycles. The number of halogens is 1. The fourth-order valence-electron chi connectivity index (χ4n) is 2.09. The molecule has 0 bridgehead atoms. The highest BCUT2D eigenvalue weighted by Gasteiger charge is 2.22. The van der Waals surface area contributed by atoms with E-state index in [-0.39, 0.29) is 4.90 Å². The molecule has 26 heavy (non-hydrogen) atoms. The van der Waals surface area contributed by atoms with Gasteiger partial charge in [0.2, 0.25) is 15.9 Å². The zero-order valence-electron chi connectivity index (χ0n) is 13.8. The van der Waals surface area contributed by atoms with Gasteiger partial charge in [-0.1, -0.05) is 17.7 Å². The Bertz CT molecular complexity index is 916. The van der Waals surface area contributed by atoms with E-state index in [1.807, 2.05) is 0 Å². The minimum atomic E-state index is -3.83. The van der Waals surface area contributed by atoms with Crippen LogP contribution in [0.3, 0.4) is 0 Å². The van der Waals surface area contributed by atoms with Crippen molar-refractivity contribution in [3.8, 4) is 0 Å². The van der Waals surface area contributed by atoms with Crippen molar-refractivity contribution in [1.82, 2.24) is 4.31 Å². The van der Waals surface area contributed by atoms with E-state index in [1.165, 1.54) is 37.4 Å². The Labute approximate surface area is 156 Å². The quantitative estimate of drug-likeness (QED) is 0.691. The van der Waals surface area contributed by atoms with Crippen molar-refractivity contribution in [1.29, 1.82) is 0 Å². The molecule has 0 unspecified atom stereocenters. The second-order valence-corrected chi connectivity index (χ2v) is 7.81. The molecule has 4 N–H and O–H groups in total. The van der Waals surface area contributed by atoms with E-state index in [4.69, 9.17) is 17.3 Å². The third kappa shape index (κ3) is 5.19. The van der Waals surface area contributed by atoms with Crippen LogP contribution in [0, 0.1) is 0 Å². The number of hydrogen-bond acceptors (Lipinski definition) is 4. The van der Waals surface area contributed by atoms with E-state index < -0.39 is 28.5 Å². The maximum atomic E-state index is 12.4. The second-order valence-electron chi connectivity index (χ2n) is 5.33. The highest BCUT2D eigenvalue weighted by atomic mass is 35.5. The van der Waals surface area contributed by atoms with Crippen LogP contribution in [-0.2, 0) is 14.8 Å². The fourth-order valence-corrected chi connectivity index (χ4v) is 3.34. The van der Waals surface area contributed by atoms with Gasteiger partial charge in [0.05, 0.1) is 11.4 Å². The maximum absolute atomic E-state index is 12.4. The Kier molecular flexibility index (Phi) is 6.19. The summed E-state index contributed by atoms with van der Waals surface area (Å²) in [5, 5.41) is 5.35. The molecule has 138 valence electrons. The highest BCUT2D eigenvalue weighted by molar-refractivity contribution is 7.89. The summed E-state index contributed by atoms with van der Waals surface area (Å²) in [6.07, 6.45) is 0. The number of urea groups is 1. The lowest BCUT2D eigenvalue weighted by atomic mass is 10.2. The summed E-state index contributed by atoms with van der Waals surface area (Å²) in [5.41, 5.74) is 5.82. The monoisotopic (exact) mass is 396 g/mol.